The maximum Gasteiger partial charge on any atom is 0.0453 e. The summed E-state index contributed by atoms with van der Waals surface area (Å²) in [5, 5.41) is 12.7. The van der Waals surface area contributed by atoms with Crippen LogP contribution in [0.25, 0.3) is 0 Å². The van der Waals surface area contributed by atoms with Crippen molar-refractivity contribution in [1.82, 2.24) is 5.32 Å². The lowest BCUT2D eigenvalue weighted by molar-refractivity contribution is 0.269. The average Bonchev–Trinajstić information content (AvgIpc) is 2.16. The van der Waals surface area contributed by atoms with E-state index in [9.17, 15) is 0 Å². The Kier molecular flexibility index (Phi) is 4.22. The number of hydrogen-bond acceptors (Lipinski definition) is 2. The van der Waals surface area contributed by atoms with E-state index in [1.54, 1.807) is 0 Å². The standard InChI is InChI=1S/C10H14ClNO/c1-12-10(6-7-13)8-4-2-3-5-9(8)11/h2-5,10,12-13H,6-7H2,1H3. The van der Waals surface area contributed by atoms with Crippen LogP contribution in [0.5, 0.6) is 0 Å². The van der Waals surface area contributed by atoms with Crippen molar-refractivity contribution in [1.29, 1.82) is 0 Å². The van der Waals surface area contributed by atoms with E-state index in [1.807, 2.05) is 31.3 Å². The van der Waals surface area contributed by atoms with Gasteiger partial charge in [0.05, 0.1) is 0 Å². The van der Waals surface area contributed by atoms with Crippen LogP contribution in [0.3, 0.4) is 0 Å². The Morgan fingerprint density at radius 1 is 1.46 bits per heavy atom. The molecule has 72 valence electrons. The van der Waals surface area contributed by atoms with Crippen LogP contribution in [0.1, 0.15) is 18.0 Å². The number of halogens is 1. The highest BCUT2D eigenvalue weighted by molar-refractivity contribution is 6.31. The largest absolute Gasteiger partial charge is 0.396 e. The first-order valence-electron chi connectivity index (χ1n) is 4.32. The summed E-state index contributed by atoms with van der Waals surface area (Å²) >= 11 is 6.01. The molecule has 1 atom stereocenters. The van der Waals surface area contributed by atoms with Crippen molar-refractivity contribution in [3.05, 3.63) is 34.9 Å². The van der Waals surface area contributed by atoms with Crippen molar-refractivity contribution in [3.63, 3.8) is 0 Å². The topological polar surface area (TPSA) is 32.3 Å². The molecule has 0 heterocycles. The Morgan fingerprint density at radius 2 is 2.15 bits per heavy atom. The van der Waals surface area contributed by atoms with Gasteiger partial charge in [0.15, 0.2) is 0 Å². The van der Waals surface area contributed by atoms with Crippen molar-refractivity contribution >= 4 is 11.6 Å². The first kappa shape index (κ1) is 10.5. The summed E-state index contributed by atoms with van der Waals surface area (Å²) in [6.07, 6.45) is 0.681. The molecular weight excluding hydrogens is 186 g/mol. The normalized spacial score (nSPS) is 12.8. The fourth-order valence-corrected chi connectivity index (χ4v) is 1.61. The van der Waals surface area contributed by atoms with E-state index in [2.05, 4.69) is 5.32 Å². The van der Waals surface area contributed by atoms with Crippen molar-refractivity contribution < 1.29 is 5.11 Å². The SMILES string of the molecule is CNC(CCO)c1ccccc1Cl. The zero-order valence-electron chi connectivity index (χ0n) is 7.63. The minimum Gasteiger partial charge on any atom is -0.396 e. The number of rotatable bonds is 4. The Bertz CT molecular complexity index is 265. The van der Waals surface area contributed by atoms with E-state index in [0.29, 0.717) is 6.42 Å². The summed E-state index contributed by atoms with van der Waals surface area (Å²) in [6, 6.07) is 7.82. The molecule has 0 bridgehead atoms. The molecule has 0 saturated heterocycles. The van der Waals surface area contributed by atoms with Crippen LogP contribution < -0.4 is 5.32 Å². The quantitative estimate of drug-likeness (QED) is 0.778. The van der Waals surface area contributed by atoms with Crippen LogP contribution in [0.4, 0.5) is 0 Å². The lowest BCUT2D eigenvalue weighted by Crippen LogP contribution is -2.17. The molecule has 1 unspecified atom stereocenters. The summed E-state index contributed by atoms with van der Waals surface area (Å²) in [7, 11) is 1.86. The van der Waals surface area contributed by atoms with Crippen molar-refractivity contribution in [2.24, 2.45) is 0 Å². The number of nitrogens with one attached hydrogen (secondary N) is 1. The minimum absolute atomic E-state index is 0.138. The summed E-state index contributed by atoms with van der Waals surface area (Å²) in [5.41, 5.74) is 1.04. The van der Waals surface area contributed by atoms with Gasteiger partial charge in [-0.05, 0) is 25.1 Å². The highest BCUT2D eigenvalue weighted by Crippen LogP contribution is 2.24. The van der Waals surface area contributed by atoms with Gasteiger partial charge in [0.2, 0.25) is 0 Å². The molecule has 1 aromatic rings. The highest BCUT2D eigenvalue weighted by Gasteiger charge is 2.10. The second-order valence-corrected chi connectivity index (χ2v) is 3.28. The molecule has 0 fully saturated rings. The summed E-state index contributed by atoms with van der Waals surface area (Å²) in [5.74, 6) is 0. The molecule has 2 nitrogen and oxygen atoms in total. The third kappa shape index (κ3) is 2.69. The molecule has 0 aliphatic heterocycles. The first-order valence-corrected chi connectivity index (χ1v) is 4.70. The molecule has 13 heavy (non-hydrogen) atoms. The van der Waals surface area contributed by atoms with Crippen LogP contribution in [0.2, 0.25) is 5.02 Å². The number of aliphatic hydroxyl groups is 1. The fourth-order valence-electron chi connectivity index (χ4n) is 1.34. The molecule has 0 radical (unpaired) electrons. The maximum atomic E-state index is 8.84. The van der Waals surface area contributed by atoms with E-state index < -0.39 is 0 Å². The summed E-state index contributed by atoms with van der Waals surface area (Å²) in [6.45, 7) is 0.163. The van der Waals surface area contributed by atoms with Gasteiger partial charge in [-0.3, -0.25) is 0 Å². The Morgan fingerprint density at radius 3 is 2.69 bits per heavy atom. The van der Waals surface area contributed by atoms with Crippen molar-refractivity contribution in [3.8, 4) is 0 Å². The lowest BCUT2D eigenvalue weighted by Gasteiger charge is -2.16. The number of benzene rings is 1. The Hall–Kier alpha value is -0.570. The molecule has 1 aromatic carbocycles. The van der Waals surface area contributed by atoms with Crippen LogP contribution in [0.15, 0.2) is 24.3 Å². The molecule has 0 aliphatic rings. The molecule has 0 saturated carbocycles. The summed E-state index contributed by atoms with van der Waals surface area (Å²) in [4.78, 5) is 0. The third-order valence-electron chi connectivity index (χ3n) is 2.05. The average molecular weight is 200 g/mol. The molecule has 0 aromatic heterocycles. The first-order chi connectivity index (χ1) is 6.29. The van der Waals surface area contributed by atoms with Crippen LogP contribution in [-0.2, 0) is 0 Å². The van der Waals surface area contributed by atoms with Gasteiger partial charge >= 0.3 is 0 Å². The van der Waals surface area contributed by atoms with E-state index in [4.69, 9.17) is 16.7 Å². The lowest BCUT2D eigenvalue weighted by atomic mass is 10.0. The highest BCUT2D eigenvalue weighted by atomic mass is 35.5. The zero-order chi connectivity index (χ0) is 9.68. The van der Waals surface area contributed by atoms with Crippen LogP contribution >= 0.6 is 11.6 Å². The Balaban J connectivity index is 2.84. The van der Waals surface area contributed by atoms with E-state index in [1.165, 1.54) is 0 Å². The zero-order valence-corrected chi connectivity index (χ0v) is 8.38. The van der Waals surface area contributed by atoms with Gasteiger partial charge < -0.3 is 10.4 Å². The van der Waals surface area contributed by atoms with Gasteiger partial charge in [0.1, 0.15) is 0 Å². The van der Waals surface area contributed by atoms with E-state index in [0.717, 1.165) is 10.6 Å². The second-order valence-electron chi connectivity index (χ2n) is 2.88. The van der Waals surface area contributed by atoms with Gasteiger partial charge in [-0.15, -0.1) is 0 Å². The number of aliphatic hydroxyl groups excluding tert-OH is 1. The van der Waals surface area contributed by atoms with Gasteiger partial charge in [-0.1, -0.05) is 29.8 Å². The predicted molar refractivity (Wildman–Crippen MR) is 55.0 cm³/mol. The smallest absolute Gasteiger partial charge is 0.0453 e. The van der Waals surface area contributed by atoms with Crippen LogP contribution in [0, 0.1) is 0 Å². The molecule has 2 N–H and O–H groups in total. The third-order valence-corrected chi connectivity index (χ3v) is 2.39. The minimum atomic E-state index is 0.138. The molecule has 3 heteroatoms. The van der Waals surface area contributed by atoms with E-state index >= 15 is 0 Å². The summed E-state index contributed by atoms with van der Waals surface area (Å²) < 4.78 is 0. The molecular formula is C10H14ClNO. The predicted octanol–water partition coefficient (Wildman–Crippen LogP) is 1.98. The van der Waals surface area contributed by atoms with Crippen molar-refractivity contribution in [2.45, 2.75) is 12.5 Å². The van der Waals surface area contributed by atoms with Gasteiger partial charge in [-0.25, -0.2) is 0 Å². The fraction of sp³-hybridized carbons (Fsp3) is 0.400. The number of hydrogen-bond donors (Lipinski definition) is 2. The molecule has 0 aliphatic carbocycles. The van der Waals surface area contributed by atoms with Crippen LogP contribution in [-0.4, -0.2) is 18.8 Å². The van der Waals surface area contributed by atoms with Gasteiger partial charge in [0.25, 0.3) is 0 Å². The second kappa shape index (κ2) is 5.22. The molecule has 0 spiro atoms. The molecule has 1 rings (SSSR count). The van der Waals surface area contributed by atoms with Gasteiger partial charge in [0, 0.05) is 17.7 Å². The van der Waals surface area contributed by atoms with E-state index in [-0.39, 0.29) is 12.6 Å². The molecule has 0 amide bonds. The maximum absolute atomic E-state index is 8.84. The van der Waals surface area contributed by atoms with Gasteiger partial charge in [-0.2, -0.15) is 0 Å². The Labute approximate surface area is 83.5 Å². The monoisotopic (exact) mass is 199 g/mol. The van der Waals surface area contributed by atoms with Crippen molar-refractivity contribution in [2.75, 3.05) is 13.7 Å².